The van der Waals surface area contributed by atoms with Crippen LogP contribution < -0.4 is 5.32 Å². The molecule has 7 nitrogen and oxygen atoms in total. The minimum atomic E-state index is -0.471. The van der Waals surface area contributed by atoms with Crippen LogP contribution in [0.25, 0.3) is 0 Å². The number of hydrogen-bond donors (Lipinski definition) is 1. The zero-order valence-corrected chi connectivity index (χ0v) is 13.6. The van der Waals surface area contributed by atoms with Gasteiger partial charge in [-0.15, -0.1) is 10.2 Å². The van der Waals surface area contributed by atoms with Gasteiger partial charge in [-0.2, -0.15) is 0 Å². The highest BCUT2D eigenvalue weighted by molar-refractivity contribution is 5.68. The Morgan fingerprint density at radius 2 is 2.14 bits per heavy atom. The summed E-state index contributed by atoms with van der Waals surface area (Å²) in [6.07, 6.45) is 2.06. The van der Waals surface area contributed by atoms with Crippen LogP contribution in [0, 0.1) is 0 Å². The third-order valence-corrected chi connectivity index (χ3v) is 4.10. The molecule has 0 aliphatic carbocycles. The third-order valence-electron chi connectivity index (χ3n) is 4.10. The van der Waals surface area contributed by atoms with Gasteiger partial charge in [-0.3, -0.25) is 4.90 Å². The van der Waals surface area contributed by atoms with E-state index in [-0.39, 0.29) is 6.09 Å². The van der Waals surface area contributed by atoms with Crippen molar-refractivity contribution in [2.45, 2.75) is 58.2 Å². The molecular weight excluding hydrogens is 282 g/mol. The van der Waals surface area contributed by atoms with E-state index in [1.54, 1.807) is 4.90 Å². The van der Waals surface area contributed by atoms with Crippen molar-refractivity contribution in [2.24, 2.45) is 0 Å². The Morgan fingerprint density at radius 1 is 1.32 bits per heavy atom. The highest BCUT2D eigenvalue weighted by Gasteiger charge is 2.30. The number of hydrogen-bond acceptors (Lipinski definition) is 5. The molecule has 2 aliphatic rings. The van der Waals surface area contributed by atoms with Gasteiger partial charge in [0, 0.05) is 25.6 Å². The minimum Gasteiger partial charge on any atom is -0.444 e. The van der Waals surface area contributed by atoms with E-state index in [4.69, 9.17) is 4.74 Å². The largest absolute Gasteiger partial charge is 0.444 e. The summed E-state index contributed by atoms with van der Waals surface area (Å²) in [5.41, 5.74) is -0.471. The van der Waals surface area contributed by atoms with E-state index in [1.165, 1.54) is 6.42 Å². The van der Waals surface area contributed by atoms with Crippen molar-refractivity contribution in [2.75, 3.05) is 19.6 Å². The molecule has 22 heavy (non-hydrogen) atoms. The van der Waals surface area contributed by atoms with Crippen LogP contribution >= 0.6 is 0 Å². The molecule has 0 bridgehead atoms. The molecule has 1 saturated heterocycles. The second kappa shape index (κ2) is 5.87. The summed E-state index contributed by atoms with van der Waals surface area (Å²) in [6, 6.07) is 0. The first-order valence-electron chi connectivity index (χ1n) is 8.04. The Labute approximate surface area is 131 Å². The van der Waals surface area contributed by atoms with Gasteiger partial charge in [0.1, 0.15) is 11.4 Å². The first kappa shape index (κ1) is 15.3. The number of nitrogens with zero attached hydrogens (tertiary/aromatic N) is 4. The van der Waals surface area contributed by atoms with Gasteiger partial charge in [0.05, 0.1) is 6.54 Å². The number of amides is 1. The number of carbonyl (C=O) groups excluding carboxylic acids is 1. The van der Waals surface area contributed by atoms with Crippen molar-refractivity contribution in [3.63, 3.8) is 0 Å². The lowest BCUT2D eigenvalue weighted by Gasteiger charge is -2.31. The first-order chi connectivity index (χ1) is 10.4. The summed E-state index contributed by atoms with van der Waals surface area (Å²) in [7, 11) is 0. The van der Waals surface area contributed by atoms with Crippen LogP contribution in [0.4, 0.5) is 4.79 Å². The molecule has 3 rings (SSSR count). The number of aromatic nitrogens is 3. The van der Waals surface area contributed by atoms with Gasteiger partial charge in [0.15, 0.2) is 5.82 Å². The molecule has 0 saturated carbocycles. The molecule has 0 unspecified atom stereocenters. The van der Waals surface area contributed by atoms with E-state index < -0.39 is 5.60 Å². The zero-order valence-electron chi connectivity index (χ0n) is 13.6. The molecule has 2 aliphatic heterocycles. The normalized spacial score (nSPS) is 22.3. The number of ether oxygens (including phenoxy) is 1. The number of piperidine rings is 1. The quantitative estimate of drug-likeness (QED) is 0.851. The average molecular weight is 307 g/mol. The highest BCUT2D eigenvalue weighted by Crippen LogP contribution is 2.24. The Kier molecular flexibility index (Phi) is 4.08. The summed E-state index contributed by atoms with van der Waals surface area (Å²) in [5, 5.41) is 12.1. The Bertz CT molecular complexity index is 543. The molecule has 122 valence electrons. The van der Waals surface area contributed by atoms with Gasteiger partial charge in [-0.1, -0.05) is 0 Å². The maximum Gasteiger partial charge on any atom is 0.410 e. The van der Waals surface area contributed by atoms with E-state index in [2.05, 4.69) is 20.1 Å². The first-order valence-corrected chi connectivity index (χ1v) is 8.04. The number of rotatable bonds is 1. The standard InChI is InChI=1S/C15H25N5O2/c1-15(2,3)22-14(21)19-7-8-20-12(10-19)17-18-13(20)11-5-4-6-16-9-11/h11,16H,4-10H2,1-3H3/t11-/m0/s1. The molecule has 7 heteroatoms. The SMILES string of the molecule is CC(C)(C)OC(=O)N1CCn2c(nnc2[C@H]2CCCNC2)C1. The van der Waals surface area contributed by atoms with Crippen LogP contribution in [-0.2, 0) is 17.8 Å². The molecule has 0 aromatic carbocycles. The lowest BCUT2D eigenvalue weighted by atomic mass is 9.99. The Balaban J connectivity index is 1.69. The van der Waals surface area contributed by atoms with Gasteiger partial charge in [0.25, 0.3) is 0 Å². The van der Waals surface area contributed by atoms with E-state index in [0.29, 0.717) is 19.0 Å². The Hall–Kier alpha value is -1.63. The minimum absolute atomic E-state index is 0.275. The van der Waals surface area contributed by atoms with Gasteiger partial charge in [-0.25, -0.2) is 4.79 Å². The number of carbonyl (C=O) groups is 1. The zero-order chi connectivity index (χ0) is 15.7. The second-order valence-electron chi connectivity index (χ2n) is 7.07. The van der Waals surface area contributed by atoms with Crippen LogP contribution in [-0.4, -0.2) is 51.0 Å². The molecule has 1 N–H and O–H groups in total. The highest BCUT2D eigenvalue weighted by atomic mass is 16.6. The van der Waals surface area contributed by atoms with Gasteiger partial charge >= 0.3 is 6.09 Å². The summed E-state index contributed by atoms with van der Waals surface area (Å²) < 4.78 is 7.61. The Morgan fingerprint density at radius 3 is 2.82 bits per heavy atom. The molecule has 1 aromatic heterocycles. The summed E-state index contributed by atoms with van der Waals surface area (Å²) >= 11 is 0. The van der Waals surface area contributed by atoms with E-state index in [9.17, 15) is 4.79 Å². The second-order valence-corrected chi connectivity index (χ2v) is 7.07. The number of nitrogens with one attached hydrogen (secondary N) is 1. The summed E-state index contributed by atoms with van der Waals surface area (Å²) in [5.74, 6) is 2.35. The van der Waals surface area contributed by atoms with Gasteiger partial charge in [-0.05, 0) is 40.2 Å². The lowest BCUT2D eigenvalue weighted by molar-refractivity contribution is 0.0194. The van der Waals surface area contributed by atoms with Crippen molar-refractivity contribution < 1.29 is 9.53 Å². The van der Waals surface area contributed by atoms with Crippen molar-refractivity contribution in [1.29, 1.82) is 0 Å². The van der Waals surface area contributed by atoms with Crippen molar-refractivity contribution in [3.05, 3.63) is 11.6 Å². The fourth-order valence-electron chi connectivity index (χ4n) is 3.04. The maximum atomic E-state index is 12.2. The monoisotopic (exact) mass is 307 g/mol. The smallest absolute Gasteiger partial charge is 0.410 e. The predicted molar refractivity (Wildman–Crippen MR) is 81.5 cm³/mol. The van der Waals surface area contributed by atoms with E-state index in [1.807, 2.05) is 20.8 Å². The topological polar surface area (TPSA) is 72.3 Å². The molecule has 0 spiro atoms. The van der Waals surface area contributed by atoms with Gasteiger partial charge < -0.3 is 14.6 Å². The molecule has 1 amide bonds. The van der Waals surface area contributed by atoms with Crippen molar-refractivity contribution in [3.8, 4) is 0 Å². The lowest BCUT2D eigenvalue weighted by Crippen LogP contribution is -2.42. The van der Waals surface area contributed by atoms with Crippen LogP contribution in [0.3, 0.4) is 0 Å². The average Bonchev–Trinajstić information content (AvgIpc) is 2.89. The van der Waals surface area contributed by atoms with Crippen molar-refractivity contribution in [1.82, 2.24) is 25.0 Å². The van der Waals surface area contributed by atoms with Gasteiger partial charge in [0.2, 0.25) is 0 Å². The molecule has 3 heterocycles. The van der Waals surface area contributed by atoms with E-state index >= 15 is 0 Å². The number of fused-ring (bicyclic) bond motifs is 1. The van der Waals surface area contributed by atoms with Crippen LogP contribution in [0.1, 0.15) is 51.2 Å². The maximum absolute atomic E-state index is 12.2. The molecule has 1 aromatic rings. The van der Waals surface area contributed by atoms with Crippen molar-refractivity contribution >= 4 is 6.09 Å². The van der Waals surface area contributed by atoms with Crippen LogP contribution in [0.2, 0.25) is 0 Å². The summed E-state index contributed by atoms with van der Waals surface area (Å²) in [6.45, 7) is 9.56. The molecule has 0 radical (unpaired) electrons. The fourth-order valence-corrected chi connectivity index (χ4v) is 3.04. The van der Waals surface area contributed by atoms with Crippen LogP contribution in [0.5, 0.6) is 0 Å². The third kappa shape index (κ3) is 3.24. The molecule has 1 fully saturated rings. The predicted octanol–water partition coefficient (Wildman–Crippen LogP) is 1.50. The molecule has 1 atom stereocenters. The molecular formula is C15H25N5O2. The van der Waals surface area contributed by atoms with E-state index in [0.717, 1.165) is 37.7 Å². The fraction of sp³-hybridized carbons (Fsp3) is 0.800. The van der Waals surface area contributed by atoms with Crippen LogP contribution in [0.15, 0.2) is 0 Å². The summed E-state index contributed by atoms with van der Waals surface area (Å²) in [4.78, 5) is 13.9.